The molecule has 0 saturated heterocycles. The molecule has 1 spiro atoms. The van der Waals surface area contributed by atoms with Gasteiger partial charge in [-0.05, 0) is 18.4 Å². The molecular weight excluding hydrogens is 259 g/mol. The second-order valence-electron chi connectivity index (χ2n) is 4.65. The van der Waals surface area contributed by atoms with E-state index in [0.29, 0.717) is 5.41 Å². The lowest BCUT2D eigenvalue weighted by Gasteiger charge is -2.12. The zero-order chi connectivity index (χ0) is 10.0. The van der Waals surface area contributed by atoms with Gasteiger partial charge < -0.3 is 0 Å². The van der Waals surface area contributed by atoms with Crippen molar-refractivity contribution in [3.05, 3.63) is 35.9 Å². The van der Waals surface area contributed by atoms with Crippen molar-refractivity contribution >= 4 is 27.5 Å². The van der Waals surface area contributed by atoms with Crippen molar-refractivity contribution in [2.24, 2.45) is 5.41 Å². The number of benzene rings is 1. The average Bonchev–Trinajstić information content (AvgIpc) is 3.04. The van der Waals surface area contributed by atoms with Gasteiger partial charge >= 0.3 is 0 Å². The fourth-order valence-electron chi connectivity index (χ4n) is 2.94. The van der Waals surface area contributed by atoms with E-state index in [-0.39, 0.29) is 9.20 Å². The fraction of sp³-hybridized carbons (Fsp3) is 0.500. The maximum Gasteiger partial charge on any atom is 0.116 e. The maximum absolute atomic E-state index is 6.55. The molecule has 0 nitrogen and oxygen atoms in total. The first-order valence-corrected chi connectivity index (χ1v) is 6.17. The smallest absolute Gasteiger partial charge is 0.105 e. The molecule has 2 fully saturated rings. The van der Waals surface area contributed by atoms with E-state index >= 15 is 0 Å². The molecule has 0 radical (unpaired) electrons. The van der Waals surface area contributed by atoms with E-state index in [1.54, 1.807) is 0 Å². The first-order valence-electron chi connectivity index (χ1n) is 5.00. The van der Waals surface area contributed by atoms with Crippen LogP contribution in [0.5, 0.6) is 0 Å². The number of halogens is 2. The van der Waals surface area contributed by atoms with E-state index in [4.69, 9.17) is 11.6 Å². The van der Waals surface area contributed by atoms with Gasteiger partial charge in [0.2, 0.25) is 0 Å². The van der Waals surface area contributed by atoms with Gasteiger partial charge in [0.25, 0.3) is 0 Å². The van der Waals surface area contributed by atoms with Gasteiger partial charge in [-0.1, -0.05) is 53.2 Å². The van der Waals surface area contributed by atoms with Crippen molar-refractivity contribution < 1.29 is 0 Å². The fourth-order valence-corrected chi connectivity index (χ4v) is 4.86. The molecule has 1 aromatic rings. The third-order valence-electron chi connectivity index (χ3n) is 4.22. The molecule has 2 atom stereocenters. The van der Waals surface area contributed by atoms with E-state index < -0.39 is 0 Å². The largest absolute Gasteiger partial charge is 0.116 e. The molecule has 2 heteroatoms. The molecule has 14 heavy (non-hydrogen) atoms. The minimum atomic E-state index is -0.200. The Hall–Kier alpha value is -0.0100. The lowest BCUT2D eigenvalue weighted by molar-refractivity contribution is 0.660. The van der Waals surface area contributed by atoms with E-state index in [1.807, 2.05) is 0 Å². The molecular formula is C12H12BrCl. The van der Waals surface area contributed by atoms with Gasteiger partial charge in [-0.3, -0.25) is 0 Å². The molecule has 2 unspecified atom stereocenters. The summed E-state index contributed by atoms with van der Waals surface area (Å²) in [5, 5.41) is 0. The van der Waals surface area contributed by atoms with Gasteiger partial charge in [-0.25, -0.2) is 0 Å². The summed E-state index contributed by atoms with van der Waals surface area (Å²) in [6, 6.07) is 10.6. The molecule has 74 valence electrons. The van der Waals surface area contributed by atoms with E-state index in [9.17, 15) is 0 Å². The van der Waals surface area contributed by atoms with Gasteiger partial charge in [0.05, 0.1) is 0 Å². The molecule has 0 heterocycles. The predicted octanol–water partition coefficient (Wildman–Crippen LogP) is 4.07. The van der Waals surface area contributed by atoms with Crippen LogP contribution < -0.4 is 0 Å². The Morgan fingerprint density at radius 2 is 1.79 bits per heavy atom. The molecule has 0 bridgehead atoms. The van der Waals surface area contributed by atoms with Crippen molar-refractivity contribution in [2.45, 2.75) is 29.0 Å². The minimum absolute atomic E-state index is 0.128. The molecule has 3 rings (SSSR count). The van der Waals surface area contributed by atoms with E-state index in [2.05, 4.69) is 53.2 Å². The number of hydrogen-bond donors (Lipinski definition) is 0. The molecule has 2 aliphatic carbocycles. The second kappa shape index (κ2) is 2.38. The zero-order valence-electron chi connectivity index (χ0n) is 8.06. The van der Waals surface area contributed by atoms with Crippen molar-refractivity contribution in [1.82, 2.24) is 0 Å². The van der Waals surface area contributed by atoms with Crippen LogP contribution in [-0.4, -0.2) is 3.78 Å². The van der Waals surface area contributed by atoms with Crippen LogP contribution in [0.1, 0.15) is 25.3 Å². The van der Waals surface area contributed by atoms with Crippen LogP contribution in [0, 0.1) is 5.41 Å². The van der Waals surface area contributed by atoms with Gasteiger partial charge in [0, 0.05) is 10.8 Å². The SMILES string of the molecule is CC1(c2ccccc2)C(Cl)(Br)C12CC2. The first kappa shape index (κ1) is 9.23. The highest BCUT2D eigenvalue weighted by molar-refractivity contribution is 9.10. The summed E-state index contributed by atoms with van der Waals surface area (Å²) in [5.41, 5.74) is 1.83. The van der Waals surface area contributed by atoms with E-state index in [1.165, 1.54) is 18.4 Å². The molecule has 0 aromatic heterocycles. The Labute approximate surface area is 97.8 Å². The molecule has 0 N–H and O–H groups in total. The average molecular weight is 272 g/mol. The molecule has 1 aromatic carbocycles. The Morgan fingerprint density at radius 1 is 1.21 bits per heavy atom. The van der Waals surface area contributed by atoms with Crippen molar-refractivity contribution in [3.8, 4) is 0 Å². The molecule has 0 aliphatic heterocycles. The Balaban J connectivity index is 2.09. The minimum Gasteiger partial charge on any atom is -0.105 e. The Bertz CT molecular complexity index is 375. The highest BCUT2D eigenvalue weighted by Crippen LogP contribution is 2.89. The van der Waals surface area contributed by atoms with Gasteiger partial charge in [0.15, 0.2) is 0 Å². The summed E-state index contributed by atoms with van der Waals surface area (Å²) in [6.07, 6.45) is 2.51. The normalized spacial score (nSPS) is 42.5. The van der Waals surface area contributed by atoms with Crippen molar-refractivity contribution in [3.63, 3.8) is 0 Å². The summed E-state index contributed by atoms with van der Waals surface area (Å²) in [5.74, 6) is 0. The summed E-state index contributed by atoms with van der Waals surface area (Å²) in [7, 11) is 0. The second-order valence-corrected chi connectivity index (χ2v) is 6.86. The van der Waals surface area contributed by atoms with Crippen LogP contribution in [0.2, 0.25) is 0 Å². The third kappa shape index (κ3) is 0.748. The van der Waals surface area contributed by atoms with Crippen LogP contribution in [-0.2, 0) is 5.41 Å². The van der Waals surface area contributed by atoms with Gasteiger partial charge in [0.1, 0.15) is 3.78 Å². The standard InChI is InChI=1S/C12H12BrCl/c1-10(9-5-3-2-4-6-9)11(7-8-11)12(10,13)14/h2-6H,7-8H2,1H3. The van der Waals surface area contributed by atoms with Gasteiger partial charge in [-0.15, -0.1) is 11.6 Å². The van der Waals surface area contributed by atoms with Crippen LogP contribution in [0.3, 0.4) is 0 Å². The first-order chi connectivity index (χ1) is 6.56. The number of alkyl halides is 2. The lowest BCUT2D eigenvalue weighted by atomic mass is 9.94. The van der Waals surface area contributed by atoms with Crippen LogP contribution in [0.4, 0.5) is 0 Å². The zero-order valence-corrected chi connectivity index (χ0v) is 10.4. The third-order valence-corrected chi connectivity index (χ3v) is 6.52. The van der Waals surface area contributed by atoms with Crippen molar-refractivity contribution in [1.29, 1.82) is 0 Å². The summed E-state index contributed by atoms with van der Waals surface area (Å²) >= 11 is 10.2. The Morgan fingerprint density at radius 3 is 2.21 bits per heavy atom. The predicted molar refractivity (Wildman–Crippen MR) is 63.0 cm³/mol. The molecule has 2 aliphatic rings. The highest BCUT2D eigenvalue weighted by atomic mass is 79.9. The summed E-state index contributed by atoms with van der Waals surface area (Å²) < 4.78 is -0.200. The van der Waals surface area contributed by atoms with Gasteiger partial charge in [-0.2, -0.15) is 0 Å². The lowest BCUT2D eigenvalue weighted by Crippen LogP contribution is -2.09. The topological polar surface area (TPSA) is 0 Å². The summed E-state index contributed by atoms with van der Waals surface area (Å²) in [6.45, 7) is 2.27. The van der Waals surface area contributed by atoms with Crippen LogP contribution in [0.25, 0.3) is 0 Å². The monoisotopic (exact) mass is 270 g/mol. The van der Waals surface area contributed by atoms with E-state index in [0.717, 1.165) is 0 Å². The maximum atomic E-state index is 6.55. The number of hydrogen-bond acceptors (Lipinski definition) is 0. The highest BCUT2D eigenvalue weighted by Gasteiger charge is 2.89. The molecule has 2 saturated carbocycles. The quantitative estimate of drug-likeness (QED) is 0.676. The van der Waals surface area contributed by atoms with Crippen LogP contribution in [0.15, 0.2) is 30.3 Å². The van der Waals surface area contributed by atoms with Crippen molar-refractivity contribution in [2.75, 3.05) is 0 Å². The Kier molecular flexibility index (Phi) is 1.57. The van der Waals surface area contributed by atoms with Crippen LogP contribution >= 0.6 is 27.5 Å². The molecule has 0 amide bonds. The summed E-state index contributed by atoms with van der Waals surface area (Å²) in [4.78, 5) is 0. The number of rotatable bonds is 1.